The summed E-state index contributed by atoms with van der Waals surface area (Å²) in [7, 11) is 1.92. The van der Waals surface area contributed by atoms with Crippen molar-refractivity contribution in [2.24, 2.45) is 7.05 Å². The highest BCUT2D eigenvalue weighted by molar-refractivity contribution is 5.38. The summed E-state index contributed by atoms with van der Waals surface area (Å²) in [6.07, 6.45) is 7.69. The van der Waals surface area contributed by atoms with Crippen LogP contribution in [0.3, 0.4) is 0 Å². The largest absolute Gasteiger partial charge is 0.378 e. The molecule has 2 heterocycles. The Labute approximate surface area is 88.7 Å². The first-order valence-corrected chi connectivity index (χ1v) is 5.02. The molecule has 0 bridgehead atoms. The van der Waals surface area contributed by atoms with Crippen molar-refractivity contribution in [2.45, 2.75) is 20.0 Å². The van der Waals surface area contributed by atoms with Crippen molar-refractivity contribution in [1.29, 1.82) is 0 Å². The second-order valence-electron chi connectivity index (χ2n) is 3.46. The maximum atomic E-state index is 4.19. The quantitative estimate of drug-likeness (QED) is 0.817. The van der Waals surface area contributed by atoms with E-state index in [2.05, 4.69) is 22.4 Å². The van der Waals surface area contributed by atoms with Crippen LogP contribution in [0.4, 0.5) is 5.69 Å². The lowest BCUT2D eigenvalue weighted by molar-refractivity contribution is 0.660. The molecular formula is C10H15N5. The molecule has 2 aromatic rings. The summed E-state index contributed by atoms with van der Waals surface area (Å²) in [5, 5.41) is 11.6. The number of rotatable bonds is 4. The highest BCUT2D eigenvalue weighted by Gasteiger charge is 1.98. The first kappa shape index (κ1) is 9.76. The van der Waals surface area contributed by atoms with Crippen LogP contribution in [0.15, 0.2) is 24.8 Å². The van der Waals surface area contributed by atoms with E-state index in [1.54, 1.807) is 4.68 Å². The monoisotopic (exact) mass is 205 g/mol. The third-order valence-corrected chi connectivity index (χ3v) is 2.21. The predicted octanol–water partition coefficient (Wildman–Crippen LogP) is 1.25. The van der Waals surface area contributed by atoms with Crippen LogP contribution in [-0.4, -0.2) is 19.6 Å². The van der Waals surface area contributed by atoms with E-state index in [0.717, 1.165) is 18.8 Å². The lowest BCUT2D eigenvalue weighted by atomic mass is 10.3. The lowest BCUT2D eigenvalue weighted by Crippen LogP contribution is -1.97. The molecule has 0 saturated carbocycles. The summed E-state index contributed by atoms with van der Waals surface area (Å²) in [5.41, 5.74) is 2.21. The van der Waals surface area contributed by atoms with Crippen molar-refractivity contribution in [1.82, 2.24) is 19.6 Å². The van der Waals surface area contributed by atoms with Gasteiger partial charge in [-0.15, -0.1) is 0 Å². The van der Waals surface area contributed by atoms with E-state index in [-0.39, 0.29) is 0 Å². The van der Waals surface area contributed by atoms with E-state index in [9.17, 15) is 0 Å². The Morgan fingerprint density at radius 1 is 1.27 bits per heavy atom. The second-order valence-corrected chi connectivity index (χ2v) is 3.46. The molecule has 0 aromatic carbocycles. The van der Waals surface area contributed by atoms with Crippen molar-refractivity contribution in [2.75, 3.05) is 5.32 Å². The summed E-state index contributed by atoms with van der Waals surface area (Å²) < 4.78 is 3.69. The van der Waals surface area contributed by atoms with E-state index < -0.39 is 0 Å². The minimum Gasteiger partial charge on any atom is -0.378 e. The normalized spacial score (nSPS) is 10.5. The molecule has 2 rings (SSSR count). The molecule has 5 nitrogen and oxygen atoms in total. The minimum absolute atomic E-state index is 0.781. The summed E-state index contributed by atoms with van der Waals surface area (Å²) in [6.45, 7) is 3.75. The van der Waals surface area contributed by atoms with Gasteiger partial charge in [-0.25, -0.2) is 0 Å². The van der Waals surface area contributed by atoms with Crippen molar-refractivity contribution in [3.05, 3.63) is 30.4 Å². The van der Waals surface area contributed by atoms with E-state index in [1.807, 2.05) is 36.5 Å². The lowest BCUT2D eigenvalue weighted by Gasteiger charge is -1.99. The van der Waals surface area contributed by atoms with Crippen molar-refractivity contribution >= 4 is 5.69 Å². The summed E-state index contributed by atoms with van der Waals surface area (Å²) >= 11 is 0. The van der Waals surface area contributed by atoms with Gasteiger partial charge < -0.3 is 5.32 Å². The molecule has 0 radical (unpaired) electrons. The smallest absolute Gasteiger partial charge is 0.0729 e. The van der Waals surface area contributed by atoms with Crippen LogP contribution in [0, 0.1) is 0 Å². The Kier molecular flexibility index (Phi) is 2.71. The number of anilines is 1. The summed E-state index contributed by atoms with van der Waals surface area (Å²) in [6, 6.07) is 0. The van der Waals surface area contributed by atoms with Crippen LogP contribution in [0.5, 0.6) is 0 Å². The summed E-state index contributed by atoms with van der Waals surface area (Å²) in [5.74, 6) is 0. The van der Waals surface area contributed by atoms with Crippen LogP contribution < -0.4 is 5.32 Å². The van der Waals surface area contributed by atoms with Gasteiger partial charge in [0.05, 0.1) is 18.1 Å². The van der Waals surface area contributed by atoms with Crippen molar-refractivity contribution < 1.29 is 0 Å². The molecule has 0 amide bonds. The zero-order chi connectivity index (χ0) is 10.7. The molecule has 0 saturated heterocycles. The minimum atomic E-state index is 0.781. The molecular weight excluding hydrogens is 190 g/mol. The zero-order valence-corrected chi connectivity index (χ0v) is 9.01. The molecule has 0 unspecified atom stereocenters. The second kappa shape index (κ2) is 4.16. The number of nitrogens with zero attached hydrogens (tertiary/aromatic N) is 4. The first-order valence-electron chi connectivity index (χ1n) is 5.02. The molecule has 2 aromatic heterocycles. The van der Waals surface area contributed by atoms with Gasteiger partial charge in [-0.3, -0.25) is 9.36 Å². The van der Waals surface area contributed by atoms with E-state index in [1.165, 1.54) is 5.56 Å². The predicted molar refractivity (Wildman–Crippen MR) is 58.4 cm³/mol. The Hall–Kier alpha value is -1.78. The fourth-order valence-corrected chi connectivity index (χ4v) is 1.40. The van der Waals surface area contributed by atoms with Gasteiger partial charge in [-0.05, 0) is 6.92 Å². The number of aromatic nitrogens is 4. The maximum absolute atomic E-state index is 4.19. The highest BCUT2D eigenvalue weighted by atomic mass is 15.3. The van der Waals surface area contributed by atoms with E-state index >= 15 is 0 Å². The fraction of sp³-hybridized carbons (Fsp3) is 0.400. The Morgan fingerprint density at radius 2 is 2.13 bits per heavy atom. The van der Waals surface area contributed by atoms with Gasteiger partial charge in [0.15, 0.2) is 0 Å². The average Bonchev–Trinajstić information content (AvgIpc) is 2.83. The molecule has 1 N–H and O–H groups in total. The number of nitrogens with one attached hydrogen (secondary N) is 1. The van der Waals surface area contributed by atoms with Gasteiger partial charge in [-0.1, -0.05) is 0 Å². The van der Waals surface area contributed by atoms with E-state index in [4.69, 9.17) is 0 Å². The molecule has 0 aliphatic heterocycles. The Morgan fingerprint density at radius 3 is 2.73 bits per heavy atom. The van der Waals surface area contributed by atoms with Gasteiger partial charge in [0.1, 0.15) is 0 Å². The van der Waals surface area contributed by atoms with Crippen LogP contribution in [0.2, 0.25) is 0 Å². The van der Waals surface area contributed by atoms with Gasteiger partial charge in [0, 0.05) is 38.1 Å². The zero-order valence-electron chi connectivity index (χ0n) is 9.01. The first-order chi connectivity index (χ1) is 7.28. The van der Waals surface area contributed by atoms with Gasteiger partial charge in [0.25, 0.3) is 0 Å². The van der Waals surface area contributed by atoms with Gasteiger partial charge in [-0.2, -0.15) is 10.2 Å². The Bertz CT molecular complexity index is 428. The fourth-order valence-electron chi connectivity index (χ4n) is 1.40. The molecule has 80 valence electrons. The molecule has 0 fully saturated rings. The standard InChI is InChI=1S/C10H15N5/c1-3-15-8-10(6-13-15)11-4-9-5-12-14(2)7-9/h5-8,11H,3-4H2,1-2H3. The van der Waals surface area contributed by atoms with Crippen LogP contribution in [0.25, 0.3) is 0 Å². The Balaban J connectivity index is 1.93. The molecule has 15 heavy (non-hydrogen) atoms. The maximum Gasteiger partial charge on any atom is 0.0729 e. The highest BCUT2D eigenvalue weighted by Crippen LogP contribution is 2.07. The van der Waals surface area contributed by atoms with Crippen LogP contribution in [-0.2, 0) is 20.1 Å². The molecule has 0 aliphatic carbocycles. The number of hydrogen-bond acceptors (Lipinski definition) is 3. The molecule has 0 atom stereocenters. The molecule has 5 heteroatoms. The molecule has 0 spiro atoms. The van der Waals surface area contributed by atoms with Gasteiger partial charge >= 0.3 is 0 Å². The average molecular weight is 205 g/mol. The van der Waals surface area contributed by atoms with Gasteiger partial charge in [0.2, 0.25) is 0 Å². The third-order valence-electron chi connectivity index (χ3n) is 2.21. The number of hydrogen-bond donors (Lipinski definition) is 1. The van der Waals surface area contributed by atoms with Crippen LogP contribution in [0.1, 0.15) is 12.5 Å². The number of aryl methyl sites for hydroxylation is 2. The van der Waals surface area contributed by atoms with Crippen LogP contribution >= 0.6 is 0 Å². The van der Waals surface area contributed by atoms with Crippen molar-refractivity contribution in [3.8, 4) is 0 Å². The topological polar surface area (TPSA) is 47.7 Å². The summed E-state index contributed by atoms with van der Waals surface area (Å²) in [4.78, 5) is 0. The van der Waals surface area contributed by atoms with E-state index in [0.29, 0.717) is 0 Å². The molecule has 0 aliphatic rings. The third kappa shape index (κ3) is 2.37. The van der Waals surface area contributed by atoms with Crippen molar-refractivity contribution in [3.63, 3.8) is 0 Å². The SMILES string of the molecule is CCn1cc(NCc2cnn(C)c2)cn1.